The van der Waals surface area contributed by atoms with Crippen LogP contribution in [0.5, 0.6) is 0 Å². The molecule has 2 N–H and O–H groups in total. The maximum Gasteiger partial charge on any atom is 0.208 e. The molecule has 1 fully saturated rings. The van der Waals surface area contributed by atoms with Gasteiger partial charge in [-0.15, -0.1) is 24.0 Å². The molecule has 0 radical (unpaired) electrons. The van der Waals surface area contributed by atoms with Crippen molar-refractivity contribution in [3.63, 3.8) is 0 Å². The second-order valence-corrected chi connectivity index (χ2v) is 7.90. The molecule has 0 spiro atoms. The van der Waals surface area contributed by atoms with E-state index in [0.29, 0.717) is 5.92 Å². The van der Waals surface area contributed by atoms with Crippen LogP contribution in [0.4, 0.5) is 0 Å². The lowest BCUT2D eigenvalue weighted by molar-refractivity contribution is 0.164. The zero-order valence-electron chi connectivity index (χ0n) is 18.7. The van der Waals surface area contributed by atoms with E-state index in [1.807, 2.05) is 20.9 Å². The molecule has 0 aliphatic carbocycles. The largest absolute Gasteiger partial charge is 0.444 e. The van der Waals surface area contributed by atoms with Crippen LogP contribution in [-0.2, 0) is 19.5 Å². The second kappa shape index (κ2) is 12.3. The highest BCUT2D eigenvalue weighted by Crippen LogP contribution is 2.19. The fourth-order valence-electron chi connectivity index (χ4n) is 3.86. The Balaban J connectivity index is 0.00000320. The van der Waals surface area contributed by atoms with Crippen molar-refractivity contribution in [1.82, 2.24) is 20.5 Å². The molecular weight excluding hydrogens is 489 g/mol. The predicted octanol–water partition coefficient (Wildman–Crippen LogP) is 4.05. The van der Waals surface area contributed by atoms with Crippen molar-refractivity contribution in [2.45, 2.75) is 53.1 Å². The molecule has 2 heterocycles. The smallest absolute Gasteiger partial charge is 0.208 e. The summed E-state index contributed by atoms with van der Waals surface area (Å²) in [6.45, 7) is 10.9. The number of aryl methyl sites for hydroxylation is 3. The number of hydrogen-bond donors (Lipinski definition) is 2. The SMILES string of the molecule is CCc1ccccc1CNC(=NC)NCC1CCN(Cc2nc(C)c(C)o2)CC1.I. The highest BCUT2D eigenvalue weighted by atomic mass is 127. The fraction of sp³-hybridized carbons (Fsp3) is 0.565. The summed E-state index contributed by atoms with van der Waals surface area (Å²) in [5.74, 6) is 3.32. The maximum atomic E-state index is 5.73. The van der Waals surface area contributed by atoms with Gasteiger partial charge in [0.1, 0.15) is 5.76 Å². The van der Waals surface area contributed by atoms with Gasteiger partial charge in [-0.2, -0.15) is 0 Å². The molecule has 1 aromatic heterocycles. The number of halogens is 1. The molecule has 0 amide bonds. The van der Waals surface area contributed by atoms with Crippen LogP contribution in [0.3, 0.4) is 0 Å². The van der Waals surface area contributed by atoms with Gasteiger partial charge in [-0.25, -0.2) is 4.98 Å². The van der Waals surface area contributed by atoms with Crippen LogP contribution in [0.25, 0.3) is 0 Å². The van der Waals surface area contributed by atoms with E-state index in [-0.39, 0.29) is 24.0 Å². The number of rotatable bonds is 7. The van der Waals surface area contributed by atoms with Crippen molar-refractivity contribution in [3.8, 4) is 0 Å². The minimum absolute atomic E-state index is 0. The summed E-state index contributed by atoms with van der Waals surface area (Å²) in [5.41, 5.74) is 3.72. The van der Waals surface area contributed by atoms with Crippen molar-refractivity contribution in [2.75, 3.05) is 26.7 Å². The number of guanidine groups is 1. The minimum Gasteiger partial charge on any atom is -0.444 e. The average molecular weight is 525 g/mol. The van der Waals surface area contributed by atoms with E-state index in [4.69, 9.17) is 4.42 Å². The first kappa shape index (κ1) is 24.7. The normalized spacial score (nSPS) is 15.7. The van der Waals surface area contributed by atoms with Crippen LogP contribution in [0.15, 0.2) is 33.7 Å². The molecule has 6 nitrogen and oxygen atoms in total. The highest BCUT2D eigenvalue weighted by Gasteiger charge is 2.21. The van der Waals surface area contributed by atoms with Gasteiger partial charge >= 0.3 is 0 Å². The Labute approximate surface area is 198 Å². The number of nitrogens with one attached hydrogen (secondary N) is 2. The van der Waals surface area contributed by atoms with Crippen LogP contribution >= 0.6 is 24.0 Å². The first-order valence-electron chi connectivity index (χ1n) is 10.8. The summed E-state index contributed by atoms with van der Waals surface area (Å²) in [6.07, 6.45) is 3.41. The standard InChI is InChI=1S/C23H35N5O.HI/c1-5-20-8-6-7-9-21(20)15-26-23(24-4)25-14-19-10-12-28(13-11-19)16-22-27-17(2)18(3)29-22;/h6-9,19H,5,10-16H2,1-4H3,(H2,24,25,26);1H. The van der Waals surface area contributed by atoms with E-state index < -0.39 is 0 Å². The molecule has 0 atom stereocenters. The van der Waals surface area contributed by atoms with Crippen molar-refractivity contribution < 1.29 is 4.42 Å². The third kappa shape index (κ3) is 6.97. The zero-order chi connectivity index (χ0) is 20.6. The lowest BCUT2D eigenvalue weighted by atomic mass is 9.97. The van der Waals surface area contributed by atoms with Crippen LogP contribution in [-0.4, -0.2) is 42.5 Å². The number of oxazole rings is 1. The van der Waals surface area contributed by atoms with Crippen molar-refractivity contribution in [2.24, 2.45) is 10.9 Å². The van der Waals surface area contributed by atoms with Crippen molar-refractivity contribution in [1.29, 1.82) is 0 Å². The van der Waals surface area contributed by atoms with Crippen LogP contribution in [0.2, 0.25) is 0 Å². The van der Waals surface area contributed by atoms with Crippen LogP contribution in [0.1, 0.15) is 48.2 Å². The Hall–Kier alpha value is -1.61. The van der Waals surface area contributed by atoms with E-state index in [2.05, 4.69) is 56.7 Å². The second-order valence-electron chi connectivity index (χ2n) is 7.90. The molecule has 166 valence electrons. The molecule has 0 saturated carbocycles. The molecule has 1 aromatic carbocycles. The molecule has 1 saturated heterocycles. The number of benzene rings is 1. The fourth-order valence-corrected chi connectivity index (χ4v) is 3.86. The van der Waals surface area contributed by atoms with Gasteiger partial charge in [0.05, 0.1) is 12.2 Å². The topological polar surface area (TPSA) is 65.7 Å². The minimum atomic E-state index is 0. The summed E-state index contributed by atoms with van der Waals surface area (Å²) >= 11 is 0. The lowest BCUT2D eigenvalue weighted by Crippen LogP contribution is -2.42. The van der Waals surface area contributed by atoms with E-state index in [0.717, 1.165) is 62.4 Å². The Morgan fingerprint density at radius 1 is 1.17 bits per heavy atom. The monoisotopic (exact) mass is 525 g/mol. The third-order valence-electron chi connectivity index (χ3n) is 5.87. The summed E-state index contributed by atoms with van der Waals surface area (Å²) in [6, 6.07) is 8.58. The number of nitrogens with zero attached hydrogens (tertiary/aromatic N) is 3. The molecule has 3 rings (SSSR count). The van der Waals surface area contributed by atoms with Gasteiger partial charge in [0.2, 0.25) is 5.89 Å². The quantitative estimate of drug-likeness (QED) is 0.325. The Bertz CT molecular complexity index is 792. The third-order valence-corrected chi connectivity index (χ3v) is 5.87. The lowest BCUT2D eigenvalue weighted by Gasteiger charge is -2.31. The Kier molecular flexibility index (Phi) is 10.1. The predicted molar refractivity (Wildman–Crippen MR) is 133 cm³/mol. The van der Waals surface area contributed by atoms with Gasteiger partial charge in [-0.3, -0.25) is 9.89 Å². The van der Waals surface area contributed by atoms with Crippen molar-refractivity contribution in [3.05, 3.63) is 52.7 Å². The number of likely N-dealkylation sites (tertiary alicyclic amines) is 1. The number of piperidine rings is 1. The average Bonchev–Trinajstić information content (AvgIpc) is 3.06. The number of aliphatic imine (C=N–C) groups is 1. The van der Waals surface area contributed by atoms with Gasteiger partial charge < -0.3 is 15.1 Å². The molecule has 1 aliphatic rings. The first-order valence-corrected chi connectivity index (χ1v) is 10.8. The maximum absolute atomic E-state index is 5.73. The van der Waals surface area contributed by atoms with Crippen molar-refractivity contribution >= 4 is 29.9 Å². The number of hydrogen-bond acceptors (Lipinski definition) is 4. The summed E-state index contributed by atoms with van der Waals surface area (Å²) in [5, 5.41) is 6.97. The van der Waals surface area contributed by atoms with Gasteiger partial charge in [0, 0.05) is 20.1 Å². The van der Waals surface area contributed by atoms with Gasteiger partial charge in [0.25, 0.3) is 0 Å². The first-order chi connectivity index (χ1) is 14.1. The number of aromatic nitrogens is 1. The van der Waals surface area contributed by atoms with E-state index in [9.17, 15) is 0 Å². The molecule has 1 aliphatic heterocycles. The summed E-state index contributed by atoms with van der Waals surface area (Å²) in [4.78, 5) is 11.3. The van der Waals surface area contributed by atoms with Crippen LogP contribution in [0, 0.1) is 19.8 Å². The molecule has 0 unspecified atom stereocenters. The van der Waals surface area contributed by atoms with E-state index >= 15 is 0 Å². The molecule has 0 bridgehead atoms. The van der Waals surface area contributed by atoms with Gasteiger partial charge in [0.15, 0.2) is 5.96 Å². The highest BCUT2D eigenvalue weighted by molar-refractivity contribution is 14.0. The summed E-state index contributed by atoms with van der Waals surface area (Å²) < 4.78 is 5.73. The molecular formula is C23H36IN5O. The van der Waals surface area contributed by atoms with Gasteiger partial charge in [-0.1, -0.05) is 31.2 Å². The zero-order valence-corrected chi connectivity index (χ0v) is 21.0. The Morgan fingerprint density at radius 2 is 1.87 bits per heavy atom. The molecule has 30 heavy (non-hydrogen) atoms. The Morgan fingerprint density at radius 3 is 2.47 bits per heavy atom. The van der Waals surface area contributed by atoms with Gasteiger partial charge in [-0.05, 0) is 63.2 Å². The molecule has 2 aromatic rings. The summed E-state index contributed by atoms with van der Waals surface area (Å²) in [7, 11) is 1.84. The van der Waals surface area contributed by atoms with E-state index in [1.165, 1.54) is 24.0 Å². The van der Waals surface area contributed by atoms with Crippen LogP contribution < -0.4 is 10.6 Å². The molecule has 7 heteroatoms. The van der Waals surface area contributed by atoms with E-state index in [1.54, 1.807) is 0 Å².